The monoisotopic (exact) mass is 399 g/mol. The van der Waals surface area contributed by atoms with E-state index in [2.05, 4.69) is 27.9 Å². The van der Waals surface area contributed by atoms with Crippen LogP contribution in [0.5, 0.6) is 0 Å². The van der Waals surface area contributed by atoms with Crippen LogP contribution in [0, 0.1) is 11.3 Å². The van der Waals surface area contributed by atoms with Gasteiger partial charge in [-0.2, -0.15) is 17.0 Å². The van der Waals surface area contributed by atoms with E-state index in [0.29, 0.717) is 11.3 Å². The molecule has 0 bridgehead atoms. The van der Waals surface area contributed by atoms with E-state index < -0.39 is 0 Å². The van der Waals surface area contributed by atoms with Crippen molar-refractivity contribution in [1.29, 1.82) is 5.26 Å². The van der Waals surface area contributed by atoms with E-state index in [-0.39, 0.29) is 0 Å². The average molecular weight is 400 g/mol. The van der Waals surface area contributed by atoms with Gasteiger partial charge in [-0.1, -0.05) is 25.1 Å². The fourth-order valence-corrected chi connectivity index (χ4v) is 5.04. The summed E-state index contributed by atoms with van der Waals surface area (Å²) in [5.74, 6) is 1.12. The van der Waals surface area contributed by atoms with Crippen LogP contribution in [0.2, 0.25) is 0 Å². The van der Waals surface area contributed by atoms with Crippen LogP contribution in [0.15, 0.2) is 41.3 Å². The van der Waals surface area contributed by atoms with E-state index in [1.54, 1.807) is 36.5 Å². The molecule has 8 heteroatoms. The molecule has 0 aromatic carbocycles. The molecule has 0 spiro atoms. The fourth-order valence-electron chi connectivity index (χ4n) is 2.24. The molecule has 0 N–H and O–H groups in total. The highest BCUT2D eigenvalue weighted by Gasteiger charge is 2.17. The number of thioether (sulfide) groups is 2. The summed E-state index contributed by atoms with van der Waals surface area (Å²) in [7, 11) is 0. The second-order valence-corrected chi connectivity index (χ2v) is 8.63. The molecular weight excluding hydrogens is 382 g/mol. The Hall–Kier alpha value is -1.95. The zero-order chi connectivity index (χ0) is 18.2. The molecule has 132 valence electrons. The maximum absolute atomic E-state index is 9.75. The van der Waals surface area contributed by atoms with Crippen LogP contribution in [0.3, 0.4) is 0 Å². The largest absolute Gasteiger partial charge is 0.261 e. The first-order valence-electron chi connectivity index (χ1n) is 8.15. The second kappa shape index (κ2) is 9.67. The lowest BCUT2D eigenvalue weighted by Gasteiger charge is -2.10. The van der Waals surface area contributed by atoms with Gasteiger partial charge in [0.2, 0.25) is 0 Å². The van der Waals surface area contributed by atoms with Gasteiger partial charge in [0.1, 0.15) is 21.8 Å². The van der Waals surface area contributed by atoms with Crippen molar-refractivity contribution < 1.29 is 0 Å². The molecular formula is C18H17N5S3. The predicted molar refractivity (Wildman–Crippen MR) is 109 cm³/mol. The molecule has 3 heterocycles. The molecule has 3 aromatic heterocycles. The summed E-state index contributed by atoms with van der Waals surface area (Å²) in [6.07, 6.45) is 9.08. The van der Waals surface area contributed by atoms with Crippen molar-refractivity contribution in [2.75, 3.05) is 10.8 Å². The van der Waals surface area contributed by atoms with E-state index in [0.717, 1.165) is 32.1 Å². The Balaban J connectivity index is 1.98. The van der Waals surface area contributed by atoms with Crippen molar-refractivity contribution in [3.63, 3.8) is 0 Å². The third kappa shape index (κ3) is 4.61. The van der Waals surface area contributed by atoms with Crippen molar-refractivity contribution in [1.82, 2.24) is 19.9 Å². The highest BCUT2D eigenvalue weighted by atomic mass is 32.2. The third-order valence-corrected chi connectivity index (χ3v) is 6.59. The highest BCUT2D eigenvalue weighted by molar-refractivity contribution is 8.15. The Morgan fingerprint density at radius 2 is 2.12 bits per heavy atom. The van der Waals surface area contributed by atoms with Crippen LogP contribution in [-0.4, -0.2) is 30.8 Å². The molecule has 3 aromatic rings. The number of hydrogen-bond acceptors (Lipinski definition) is 8. The zero-order valence-corrected chi connectivity index (χ0v) is 16.7. The van der Waals surface area contributed by atoms with E-state index in [1.807, 2.05) is 23.2 Å². The highest BCUT2D eigenvalue weighted by Crippen LogP contribution is 2.34. The number of aromatic nitrogens is 4. The van der Waals surface area contributed by atoms with Gasteiger partial charge in [0.05, 0.1) is 17.5 Å². The summed E-state index contributed by atoms with van der Waals surface area (Å²) < 4.78 is 0. The summed E-state index contributed by atoms with van der Waals surface area (Å²) in [6.45, 7) is 2.19. The number of nitriles is 1. The van der Waals surface area contributed by atoms with Gasteiger partial charge in [0.25, 0.3) is 0 Å². The molecule has 0 aliphatic rings. The number of pyridine rings is 1. The van der Waals surface area contributed by atoms with Crippen molar-refractivity contribution in [3.05, 3.63) is 41.8 Å². The SMILES string of the molecule is CCCCSCSc1nc(-c2nccs2)cc(-c2cnccn2)c1C#N. The lowest BCUT2D eigenvalue weighted by atomic mass is 10.1. The van der Waals surface area contributed by atoms with E-state index in [9.17, 15) is 5.26 Å². The molecule has 0 atom stereocenters. The molecule has 0 radical (unpaired) electrons. The topological polar surface area (TPSA) is 75.3 Å². The maximum Gasteiger partial charge on any atom is 0.141 e. The van der Waals surface area contributed by atoms with E-state index >= 15 is 0 Å². The van der Waals surface area contributed by atoms with Crippen LogP contribution in [0.4, 0.5) is 0 Å². The van der Waals surface area contributed by atoms with Crippen LogP contribution < -0.4 is 0 Å². The normalized spacial score (nSPS) is 10.6. The zero-order valence-electron chi connectivity index (χ0n) is 14.3. The minimum absolute atomic E-state index is 0.548. The summed E-state index contributed by atoms with van der Waals surface area (Å²) >= 11 is 5.00. The van der Waals surface area contributed by atoms with Crippen LogP contribution in [-0.2, 0) is 0 Å². The van der Waals surface area contributed by atoms with E-state index in [1.165, 1.54) is 24.2 Å². The Bertz CT molecular complexity index is 876. The number of nitrogens with zero attached hydrogens (tertiary/aromatic N) is 5. The molecule has 3 rings (SSSR count). The number of unbranched alkanes of at least 4 members (excludes halogenated alkanes) is 1. The summed E-state index contributed by atoms with van der Waals surface area (Å²) in [5, 5.41) is 14.1. The Morgan fingerprint density at radius 3 is 2.81 bits per heavy atom. The van der Waals surface area contributed by atoms with Crippen LogP contribution >= 0.6 is 34.9 Å². The summed E-state index contributed by atoms with van der Waals surface area (Å²) in [5.41, 5.74) is 2.74. The minimum Gasteiger partial charge on any atom is -0.261 e. The van der Waals surface area contributed by atoms with E-state index in [4.69, 9.17) is 4.98 Å². The summed E-state index contributed by atoms with van der Waals surface area (Å²) in [6, 6.07) is 4.19. The van der Waals surface area contributed by atoms with Crippen LogP contribution in [0.1, 0.15) is 25.3 Å². The molecule has 0 unspecified atom stereocenters. The lowest BCUT2D eigenvalue weighted by Crippen LogP contribution is -1.97. The van der Waals surface area contributed by atoms with Gasteiger partial charge < -0.3 is 0 Å². The van der Waals surface area contributed by atoms with Gasteiger partial charge in [-0.3, -0.25) is 9.97 Å². The van der Waals surface area contributed by atoms with Crippen LogP contribution in [0.25, 0.3) is 22.0 Å². The quantitative estimate of drug-likeness (QED) is 0.296. The third-order valence-electron chi connectivity index (χ3n) is 3.51. The first-order valence-corrected chi connectivity index (χ1v) is 11.2. The van der Waals surface area contributed by atoms with Gasteiger partial charge in [-0.05, 0) is 18.2 Å². The van der Waals surface area contributed by atoms with Gasteiger partial charge in [-0.15, -0.1) is 11.3 Å². The standard InChI is InChI=1S/C18H17N5S3/c1-2-3-7-24-12-26-17-14(10-19)13(16-11-20-4-5-21-16)9-15(23-17)18-22-6-8-25-18/h4-6,8-9,11H,2-3,7,12H2,1H3. The fraction of sp³-hybridized carbons (Fsp3) is 0.278. The predicted octanol–water partition coefficient (Wildman–Crippen LogP) is 5.12. The van der Waals surface area contributed by atoms with Gasteiger partial charge in [0, 0.05) is 34.6 Å². The molecule has 0 saturated heterocycles. The molecule has 0 amide bonds. The summed E-state index contributed by atoms with van der Waals surface area (Å²) in [4.78, 5) is 17.6. The van der Waals surface area contributed by atoms with Crippen molar-refractivity contribution in [2.45, 2.75) is 24.8 Å². The average Bonchev–Trinajstić information content (AvgIpc) is 3.22. The first kappa shape index (κ1) is 18.8. The van der Waals surface area contributed by atoms with Gasteiger partial charge in [0.15, 0.2) is 0 Å². The Labute approximate surface area is 165 Å². The molecule has 0 fully saturated rings. The minimum atomic E-state index is 0.548. The van der Waals surface area contributed by atoms with Gasteiger partial charge >= 0.3 is 0 Å². The molecule has 0 aliphatic heterocycles. The number of thiazole rings is 1. The van der Waals surface area contributed by atoms with Crippen molar-refractivity contribution in [2.24, 2.45) is 0 Å². The maximum atomic E-state index is 9.75. The first-order chi connectivity index (χ1) is 12.8. The second-order valence-electron chi connectivity index (χ2n) is 5.30. The molecule has 0 aliphatic carbocycles. The smallest absolute Gasteiger partial charge is 0.141 e. The van der Waals surface area contributed by atoms with Crippen molar-refractivity contribution in [3.8, 4) is 28.0 Å². The lowest BCUT2D eigenvalue weighted by molar-refractivity contribution is 0.897. The molecule has 0 saturated carbocycles. The molecule has 26 heavy (non-hydrogen) atoms. The van der Waals surface area contributed by atoms with Crippen molar-refractivity contribution >= 4 is 34.9 Å². The Morgan fingerprint density at radius 1 is 1.19 bits per heavy atom. The molecule has 5 nitrogen and oxygen atoms in total. The Kier molecular flexibility index (Phi) is 7.00. The number of rotatable bonds is 8. The number of hydrogen-bond donors (Lipinski definition) is 0. The van der Waals surface area contributed by atoms with Gasteiger partial charge in [-0.25, -0.2) is 9.97 Å².